The van der Waals surface area contributed by atoms with Gasteiger partial charge in [-0.25, -0.2) is 0 Å². The summed E-state index contributed by atoms with van der Waals surface area (Å²) >= 11 is 4.52. The molecule has 0 saturated carbocycles. The van der Waals surface area contributed by atoms with E-state index in [4.69, 9.17) is 4.74 Å². The maximum Gasteiger partial charge on any atom is 0.323 e. The Labute approximate surface area is 153 Å². The lowest BCUT2D eigenvalue weighted by Crippen LogP contribution is -2.46. The zero-order valence-corrected chi connectivity index (χ0v) is 15.0. The Morgan fingerprint density at radius 1 is 1.12 bits per heavy atom. The van der Waals surface area contributed by atoms with Gasteiger partial charge in [-0.2, -0.15) is 12.6 Å². The van der Waals surface area contributed by atoms with Gasteiger partial charge in [-0.3, -0.25) is 9.69 Å². The van der Waals surface area contributed by atoms with Crippen LogP contribution < -0.4 is 0 Å². The van der Waals surface area contributed by atoms with Gasteiger partial charge < -0.3 is 9.84 Å². The van der Waals surface area contributed by atoms with Gasteiger partial charge in [-0.1, -0.05) is 60.7 Å². The summed E-state index contributed by atoms with van der Waals surface area (Å²) in [6.45, 7) is 0.542. The maximum absolute atomic E-state index is 12.2. The second-order valence-corrected chi connectivity index (χ2v) is 7.07. The molecule has 2 aromatic rings. The highest BCUT2D eigenvalue weighted by Gasteiger charge is 2.42. The highest BCUT2D eigenvalue weighted by Crippen LogP contribution is 2.34. The zero-order valence-electron chi connectivity index (χ0n) is 14.2. The van der Waals surface area contributed by atoms with E-state index in [-0.39, 0.29) is 17.1 Å². The fourth-order valence-electron chi connectivity index (χ4n) is 3.55. The number of aliphatic hydroxyl groups is 1. The summed E-state index contributed by atoms with van der Waals surface area (Å²) in [6.07, 6.45) is -0.269. The minimum Gasteiger partial charge on any atom is -0.468 e. The molecule has 4 nitrogen and oxygen atoms in total. The van der Waals surface area contributed by atoms with Crippen LogP contribution in [0.2, 0.25) is 0 Å². The maximum atomic E-state index is 12.2. The van der Waals surface area contributed by atoms with Crippen LogP contribution in [0.5, 0.6) is 0 Å². The molecular formula is C20H23NO3S. The topological polar surface area (TPSA) is 49.8 Å². The normalized spacial score (nSPS) is 22.1. The molecule has 0 aromatic heterocycles. The van der Waals surface area contributed by atoms with Crippen LogP contribution in [0.15, 0.2) is 60.7 Å². The lowest BCUT2D eigenvalue weighted by molar-refractivity contribution is -0.150. The third kappa shape index (κ3) is 3.89. The lowest BCUT2D eigenvalue weighted by Gasteiger charge is -2.34. The molecule has 1 heterocycles. The Balaban J connectivity index is 1.97. The molecule has 25 heavy (non-hydrogen) atoms. The Morgan fingerprint density at radius 3 is 2.12 bits per heavy atom. The van der Waals surface area contributed by atoms with Crippen LogP contribution in [-0.2, 0) is 9.53 Å². The van der Waals surface area contributed by atoms with E-state index in [1.807, 2.05) is 65.6 Å². The van der Waals surface area contributed by atoms with Crippen LogP contribution in [0.25, 0.3) is 0 Å². The number of hydrogen-bond acceptors (Lipinski definition) is 5. The first-order chi connectivity index (χ1) is 12.1. The first-order valence-electron chi connectivity index (χ1n) is 8.41. The molecule has 0 aliphatic carbocycles. The number of ether oxygens (including phenoxy) is 1. The number of benzene rings is 2. The zero-order chi connectivity index (χ0) is 17.8. The van der Waals surface area contributed by atoms with Gasteiger partial charge in [0.05, 0.1) is 7.11 Å². The number of likely N-dealkylation sites (tertiary alicyclic amines) is 1. The van der Waals surface area contributed by atoms with E-state index in [1.54, 1.807) is 0 Å². The van der Waals surface area contributed by atoms with Gasteiger partial charge in [0.1, 0.15) is 12.3 Å². The largest absolute Gasteiger partial charge is 0.468 e. The van der Waals surface area contributed by atoms with E-state index in [1.165, 1.54) is 7.11 Å². The Bertz CT molecular complexity index is 655. The summed E-state index contributed by atoms with van der Waals surface area (Å²) < 4.78 is 4.93. The van der Waals surface area contributed by atoms with Crippen molar-refractivity contribution in [3.63, 3.8) is 0 Å². The summed E-state index contributed by atoms with van der Waals surface area (Å²) in [7, 11) is 1.38. The number of aliphatic hydroxyl groups excluding tert-OH is 1. The first kappa shape index (κ1) is 18.0. The van der Waals surface area contributed by atoms with E-state index < -0.39 is 12.3 Å². The molecule has 1 saturated heterocycles. The summed E-state index contributed by atoms with van der Waals surface area (Å²) in [5.41, 5.74) is 2.01. The molecule has 1 fully saturated rings. The van der Waals surface area contributed by atoms with Crippen LogP contribution in [0, 0.1) is 0 Å². The molecule has 0 amide bonds. The second kappa shape index (κ2) is 8.04. The molecule has 5 heteroatoms. The van der Waals surface area contributed by atoms with Crippen LogP contribution in [0.4, 0.5) is 0 Å². The van der Waals surface area contributed by atoms with Crippen molar-refractivity contribution >= 4 is 18.6 Å². The minimum atomic E-state index is -0.842. The van der Waals surface area contributed by atoms with Crippen molar-refractivity contribution in [1.82, 2.24) is 4.90 Å². The van der Waals surface area contributed by atoms with Gasteiger partial charge in [-0.05, 0) is 17.5 Å². The van der Waals surface area contributed by atoms with Crippen molar-refractivity contribution in [2.45, 2.75) is 29.9 Å². The third-order valence-corrected chi connectivity index (χ3v) is 5.12. The molecule has 3 rings (SSSR count). The van der Waals surface area contributed by atoms with E-state index >= 15 is 0 Å². The molecule has 1 aliphatic rings. The minimum absolute atomic E-state index is 0.0333. The smallest absolute Gasteiger partial charge is 0.323 e. The van der Waals surface area contributed by atoms with Gasteiger partial charge in [0.2, 0.25) is 0 Å². The van der Waals surface area contributed by atoms with E-state index in [0.29, 0.717) is 13.0 Å². The number of carbonyl (C=O) groups is 1. The highest BCUT2D eigenvalue weighted by molar-refractivity contribution is 7.81. The molecule has 0 bridgehead atoms. The second-order valence-electron chi connectivity index (χ2n) is 6.34. The molecule has 2 aromatic carbocycles. The number of hydrogen-bond donors (Lipinski definition) is 2. The van der Waals surface area contributed by atoms with Crippen molar-refractivity contribution in [3.8, 4) is 0 Å². The fourth-order valence-corrected chi connectivity index (χ4v) is 3.94. The third-order valence-electron chi connectivity index (χ3n) is 4.75. The van der Waals surface area contributed by atoms with Gasteiger partial charge in [0.15, 0.2) is 0 Å². The average molecular weight is 357 g/mol. The molecule has 1 N–H and O–H groups in total. The quantitative estimate of drug-likeness (QED) is 0.638. The van der Waals surface area contributed by atoms with Crippen molar-refractivity contribution in [2.75, 3.05) is 13.7 Å². The first-order valence-corrected chi connectivity index (χ1v) is 8.93. The predicted molar refractivity (Wildman–Crippen MR) is 101 cm³/mol. The van der Waals surface area contributed by atoms with Gasteiger partial charge >= 0.3 is 5.97 Å². The Morgan fingerprint density at radius 2 is 1.64 bits per heavy atom. The van der Waals surface area contributed by atoms with Crippen LogP contribution in [0.1, 0.15) is 23.5 Å². The van der Waals surface area contributed by atoms with E-state index in [0.717, 1.165) is 11.1 Å². The van der Waals surface area contributed by atoms with Gasteiger partial charge in [-0.15, -0.1) is 0 Å². The highest BCUT2D eigenvalue weighted by atomic mass is 32.1. The number of carbonyl (C=O) groups excluding carboxylic acids is 1. The number of methoxy groups -OCH3 is 1. The predicted octanol–water partition coefficient (Wildman–Crippen LogP) is 2.68. The Hall–Kier alpha value is -1.82. The summed E-state index contributed by atoms with van der Waals surface area (Å²) in [5, 5.41) is 11.3. The van der Waals surface area contributed by atoms with E-state index in [9.17, 15) is 9.90 Å². The van der Waals surface area contributed by atoms with Crippen molar-refractivity contribution < 1.29 is 14.6 Å². The van der Waals surface area contributed by atoms with Crippen molar-refractivity contribution in [3.05, 3.63) is 71.8 Å². The Kier molecular flexibility index (Phi) is 5.78. The van der Waals surface area contributed by atoms with Gasteiger partial charge in [0, 0.05) is 17.7 Å². The van der Waals surface area contributed by atoms with E-state index in [2.05, 4.69) is 12.6 Å². The molecule has 3 atom stereocenters. The van der Waals surface area contributed by atoms with Crippen LogP contribution >= 0.6 is 12.6 Å². The number of thiol groups is 1. The SMILES string of the molecule is COC(=O)[C@@H]1C[C@H](S)CN1C(O)C(c1ccccc1)c1ccccc1. The lowest BCUT2D eigenvalue weighted by atomic mass is 9.89. The summed E-state index contributed by atoms with van der Waals surface area (Å²) in [4.78, 5) is 14.0. The molecule has 0 radical (unpaired) electrons. The monoisotopic (exact) mass is 357 g/mol. The van der Waals surface area contributed by atoms with Gasteiger partial charge in [0.25, 0.3) is 0 Å². The molecule has 0 spiro atoms. The van der Waals surface area contributed by atoms with Crippen molar-refractivity contribution in [2.24, 2.45) is 0 Å². The molecule has 132 valence electrons. The molecular weight excluding hydrogens is 334 g/mol. The van der Waals surface area contributed by atoms with Crippen LogP contribution in [-0.4, -0.2) is 47.1 Å². The standard InChI is InChI=1S/C20H23NO3S/c1-24-20(23)17-12-16(25)13-21(17)19(22)18(14-8-4-2-5-9-14)15-10-6-3-7-11-15/h2-11,16-19,22,25H,12-13H2,1H3/t16-,17-,19?/m0/s1. The number of esters is 1. The summed E-state index contributed by atoms with van der Waals surface area (Å²) in [6, 6.07) is 19.3. The number of nitrogens with zero attached hydrogens (tertiary/aromatic N) is 1. The van der Waals surface area contributed by atoms with Crippen LogP contribution in [0.3, 0.4) is 0 Å². The molecule has 1 aliphatic heterocycles. The summed E-state index contributed by atoms with van der Waals surface area (Å²) in [5.74, 6) is -0.580. The average Bonchev–Trinajstić information content (AvgIpc) is 3.05. The number of rotatable bonds is 5. The fraction of sp³-hybridized carbons (Fsp3) is 0.350. The molecule has 1 unspecified atom stereocenters. The van der Waals surface area contributed by atoms with Crippen molar-refractivity contribution in [1.29, 1.82) is 0 Å².